The van der Waals surface area contributed by atoms with E-state index in [1.165, 1.54) is 12.8 Å². The Morgan fingerprint density at radius 3 is 2.79 bits per heavy atom. The van der Waals surface area contributed by atoms with Crippen molar-refractivity contribution in [2.45, 2.75) is 25.4 Å². The Morgan fingerprint density at radius 1 is 1.24 bits per heavy atom. The van der Waals surface area contributed by atoms with Gasteiger partial charge in [-0.1, -0.05) is 0 Å². The maximum absolute atomic E-state index is 5.49. The highest BCUT2D eigenvalue weighted by Gasteiger charge is 2.27. The molecule has 1 aliphatic carbocycles. The van der Waals surface area contributed by atoms with Crippen LogP contribution >= 0.6 is 15.9 Å². The normalized spacial score (nSPS) is 14.1. The summed E-state index contributed by atoms with van der Waals surface area (Å²) in [5.74, 6) is 3.55. The number of aromatic amines is 1. The highest BCUT2D eigenvalue weighted by Crippen LogP contribution is 2.41. The molecule has 0 spiro atoms. The van der Waals surface area contributed by atoms with Crippen LogP contribution in [-0.4, -0.2) is 39.0 Å². The number of methoxy groups -OCH3 is 2. The van der Waals surface area contributed by atoms with Gasteiger partial charge in [0, 0.05) is 37.0 Å². The molecule has 150 valence electrons. The minimum absolute atomic E-state index is 0.325. The third-order valence-electron chi connectivity index (χ3n) is 5.18. The molecule has 5 rings (SSSR count). The minimum atomic E-state index is 0.325. The lowest BCUT2D eigenvalue weighted by Crippen LogP contribution is -2.05. The van der Waals surface area contributed by atoms with Gasteiger partial charge < -0.3 is 19.8 Å². The lowest BCUT2D eigenvalue weighted by Gasteiger charge is -2.09. The molecule has 9 heteroatoms. The fourth-order valence-corrected chi connectivity index (χ4v) is 4.10. The number of rotatable bonds is 6. The van der Waals surface area contributed by atoms with Gasteiger partial charge in [0.05, 0.1) is 22.7 Å². The number of hydrogen-bond acceptors (Lipinski definition) is 6. The van der Waals surface area contributed by atoms with Gasteiger partial charge >= 0.3 is 0 Å². The van der Waals surface area contributed by atoms with Crippen LogP contribution in [0.2, 0.25) is 0 Å². The fraction of sp³-hybridized carbons (Fsp3) is 0.350. The van der Waals surface area contributed by atoms with Crippen LogP contribution in [0.4, 0.5) is 11.6 Å². The maximum Gasteiger partial charge on any atom is 0.158 e. The molecule has 4 aromatic rings. The van der Waals surface area contributed by atoms with E-state index >= 15 is 0 Å². The van der Waals surface area contributed by atoms with Crippen molar-refractivity contribution in [3.63, 3.8) is 0 Å². The number of nitrogens with one attached hydrogen (secondary N) is 2. The Labute approximate surface area is 175 Å². The van der Waals surface area contributed by atoms with Gasteiger partial charge in [-0.15, -0.1) is 0 Å². The molecule has 1 aromatic carbocycles. The van der Waals surface area contributed by atoms with Crippen molar-refractivity contribution in [2.75, 3.05) is 19.5 Å². The molecular formula is C20H21BrN6O2. The Hall–Kier alpha value is -2.65. The molecule has 3 heterocycles. The lowest BCUT2D eigenvalue weighted by molar-refractivity contribution is 0.178. The first-order valence-electron chi connectivity index (χ1n) is 9.43. The zero-order valence-corrected chi connectivity index (χ0v) is 18.0. The Bertz CT molecular complexity index is 1230. The highest BCUT2D eigenvalue weighted by molar-refractivity contribution is 9.10. The molecule has 1 saturated carbocycles. The Kier molecular flexibility index (Phi) is 4.44. The van der Waals surface area contributed by atoms with Gasteiger partial charge in [-0.05, 0) is 40.9 Å². The number of halogens is 1. The Morgan fingerprint density at radius 2 is 2.07 bits per heavy atom. The molecular weight excluding hydrogens is 436 g/mol. The summed E-state index contributed by atoms with van der Waals surface area (Å²) in [4.78, 5) is 12.8. The van der Waals surface area contributed by atoms with Gasteiger partial charge in [0.1, 0.15) is 29.6 Å². The topological polar surface area (TPSA) is 89.9 Å². The molecule has 29 heavy (non-hydrogen) atoms. The molecule has 8 nitrogen and oxygen atoms in total. The first-order chi connectivity index (χ1) is 14.1. The van der Waals surface area contributed by atoms with Crippen molar-refractivity contribution in [2.24, 2.45) is 7.05 Å². The van der Waals surface area contributed by atoms with E-state index in [-0.39, 0.29) is 0 Å². The zero-order chi connectivity index (χ0) is 20.1. The van der Waals surface area contributed by atoms with E-state index in [9.17, 15) is 0 Å². The summed E-state index contributed by atoms with van der Waals surface area (Å²) in [6.07, 6.45) is 2.42. The lowest BCUT2D eigenvalue weighted by atomic mass is 10.2. The van der Waals surface area contributed by atoms with Gasteiger partial charge in [-0.3, -0.25) is 4.68 Å². The largest absolute Gasteiger partial charge is 0.496 e. The van der Waals surface area contributed by atoms with Gasteiger partial charge in [-0.2, -0.15) is 5.10 Å². The molecule has 0 aliphatic heterocycles. The first-order valence-corrected chi connectivity index (χ1v) is 10.2. The average molecular weight is 457 g/mol. The van der Waals surface area contributed by atoms with Crippen molar-refractivity contribution in [3.05, 3.63) is 34.2 Å². The second-order valence-electron chi connectivity index (χ2n) is 7.28. The van der Waals surface area contributed by atoms with Gasteiger partial charge in [0.2, 0.25) is 0 Å². The monoisotopic (exact) mass is 456 g/mol. The summed E-state index contributed by atoms with van der Waals surface area (Å²) in [5, 5.41) is 10.0. The number of hydrogen-bond donors (Lipinski definition) is 2. The van der Waals surface area contributed by atoms with Gasteiger partial charge in [0.15, 0.2) is 5.82 Å². The number of aryl methyl sites for hydroxylation is 1. The second-order valence-corrected chi connectivity index (χ2v) is 8.13. The molecule has 0 atom stereocenters. The van der Waals surface area contributed by atoms with Crippen LogP contribution in [-0.2, 0) is 18.4 Å². The van der Waals surface area contributed by atoms with E-state index < -0.39 is 0 Å². The van der Waals surface area contributed by atoms with E-state index in [0.29, 0.717) is 24.2 Å². The molecule has 0 bridgehead atoms. The number of aromatic nitrogens is 5. The summed E-state index contributed by atoms with van der Waals surface area (Å²) in [6.45, 7) is 0.325. The second kappa shape index (κ2) is 7.00. The Balaban J connectivity index is 1.69. The van der Waals surface area contributed by atoms with Crippen LogP contribution in [0.25, 0.3) is 21.9 Å². The van der Waals surface area contributed by atoms with Crippen LogP contribution in [0.1, 0.15) is 30.3 Å². The van der Waals surface area contributed by atoms with Crippen LogP contribution in [0.3, 0.4) is 0 Å². The number of ether oxygens (including phenoxy) is 2. The SMILES string of the molecule is COCc1nc(Nc2cc(C3CC3)nn2C)c2c(n1)[nH]c1cc(Br)c(OC)cc12. The fourth-order valence-electron chi connectivity index (χ4n) is 3.59. The van der Waals surface area contributed by atoms with Crippen LogP contribution in [0.15, 0.2) is 22.7 Å². The van der Waals surface area contributed by atoms with Crippen LogP contribution in [0, 0.1) is 0 Å². The number of H-pyrrole nitrogens is 1. The third kappa shape index (κ3) is 3.24. The predicted octanol–water partition coefficient (Wildman–Crippen LogP) is 4.38. The number of nitrogens with zero attached hydrogens (tertiary/aromatic N) is 4. The van der Waals surface area contributed by atoms with Crippen molar-refractivity contribution in [3.8, 4) is 5.75 Å². The van der Waals surface area contributed by atoms with E-state index in [2.05, 4.69) is 42.4 Å². The summed E-state index contributed by atoms with van der Waals surface area (Å²) >= 11 is 3.55. The van der Waals surface area contributed by atoms with E-state index in [1.54, 1.807) is 14.2 Å². The minimum Gasteiger partial charge on any atom is -0.496 e. The molecule has 0 amide bonds. The summed E-state index contributed by atoms with van der Waals surface area (Å²) in [6, 6.07) is 6.08. The summed E-state index contributed by atoms with van der Waals surface area (Å²) in [5.41, 5.74) is 2.82. The maximum atomic E-state index is 5.49. The molecule has 1 aliphatic rings. The third-order valence-corrected chi connectivity index (χ3v) is 5.80. The van der Waals surface area contributed by atoms with Crippen molar-refractivity contribution in [1.29, 1.82) is 0 Å². The quantitative estimate of drug-likeness (QED) is 0.447. The number of benzene rings is 1. The van der Waals surface area contributed by atoms with E-state index in [1.807, 2.05) is 23.9 Å². The molecule has 0 saturated heterocycles. The van der Waals surface area contributed by atoms with E-state index in [4.69, 9.17) is 14.5 Å². The average Bonchev–Trinajstić information content (AvgIpc) is 3.39. The molecule has 1 fully saturated rings. The van der Waals surface area contributed by atoms with Crippen LogP contribution < -0.4 is 10.1 Å². The summed E-state index contributed by atoms with van der Waals surface area (Å²) < 4.78 is 13.5. The van der Waals surface area contributed by atoms with Crippen LogP contribution in [0.5, 0.6) is 5.75 Å². The van der Waals surface area contributed by atoms with Crippen molar-refractivity contribution in [1.82, 2.24) is 24.7 Å². The zero-order valence-electron chi connectivity index (χ0n) is 16.4. The van der Waals surface area contributed by atoms with Gasteiger partial charge in [0.25, 0.3) is 0 Å². The van der Waals surface area contributed by atoms with Gasteiger partial charge in [-0.25, -0.2) is 9.97 Å². The number of fused-ring (bicyclic) bond motifs is 3. The highest BCUT2D eigenvalue weighted by atomic mass is 79.9. The smallest absolute Gasteiger partial charge is 0.158 e. The van der Waals surface area contributed by atoms with Crippen molar-refractivity contribution >= 4 is 49.5 Å². The summed E-state index contributed by atoms with van der Waals surface area (Å²) in [7, 11) is 5.23. The molecule has 2 N–H and O–H groups in total. The molecule has 0 radical (unpaired) electrons. The standard InChI is InChI=1S/C20H21BrN6O2/c1-27-17(8-13(26-27)10-4-5-10)25-20-18-11-6-15(29-3)12(21)7-14(11)22-19(18)23-16(24-20)9-28-2/h6-8,10H,4-5,9H2,1-3H3,(H2,22,23,24,25). The number of anilines is 2. The van der Waals surface area contributed by atoms with E-state index in [0.717, 1.165) is 43.7 Å². The van der Waals surface area contributed by atoms with Crippen molar-refractivity contribution < 1.29 is 9.47 Å². The predicted molar refractivity (Wildman–Crippen MR) is 115 cm³/mol. The first kappa shape index (κ1) is 18.4. The molecule has 0 unspecified atom stereocenters. The molecule has 3 aromatic heterocycles.